The van der Waals surface area contributed by atoms with Gasteiger partial charge in [0.15, 0.2) is 6.61 Å². The number of nitrogens with one attached hydrogen (secondary N) is 1. The molecule has 0 bridgehead atoms. The zero-order valence-electron chi connectivity index (χ0n) is 13.0. The van der Waals surface area contributed by atoms with E-state index in [0.29, 0.717) is 17.5 Å². The van der Waals surface area contributed by atoms with Gasteiger partial charge in [-0.15, -0.1) is 0 Å². The molecule has 2 unspecified atom stereocenters. The average molecular weight is 316 g/mol. The third-order valence-corrected chi connectivity index (χ3v) is 3.90. The Hall–Kier alpha value is -2.41. The van der Waals surface area contributed by atoms with Gasteiger partial charge in [-0.1, -0.05) is 5.16 Å². The maximum atomic E-state index is 12.1. The van der Waals surface area contributed by atoms with Crippen molar-refractivity contribution in [3.8, 4) is 5.75 Å². The number of nitrogens with zero attached hydrogens (tertiary/aromatic N) is 2. The highest BCUT2D eigenvalue weighted by Gasteiger charge is 2.27. The summed E-state index contributed by atoms with van der Waals surface area (Å²) in [4.78, 5) is 16.2. The first-order valence-corrected chi connectivity index (χ1v) is 7.68. The number of nitrogens with two attached hydrogens (primary N) is 1. The third kappa shape index (κ3) is 4.07. The molecule has 7 nitrogen and oxygen atoms in total. The van der Waals surface area contributed by atoms with Crippen molar-refractivity contribution in [2.24, 2.45) is 11.7 Å². The van der Waals surface area contributed by atoms with E-state index in [1.54, 1.807) is 19.1 Å². The van der Waals surface area contributed by atoms with E-state index in [2.05, 4.69) is 15.5 Å². The van der Waals surface area contributed by atoms with E-state index in [1.807, 2.05) is 12.1 Å². The first-order chi connectivity index (χ1) is 11.1. The molecule has 122 valence electrons. The van der Waals surface area contributed by atoms with Gasteiger partial charge in [-0.2, -0.15) is 4.98 Å². The number of ether oxygens (including phenoxy) is 1. The summed E-state index contributed by atoms with van der Waals surface area (Å²) in [5, 5.41) is 6.68. The molecule has 3 N–H and O–H groups in total. The van der Waals surface area contributed by atoms with Gasteiger partial charge in [0.25, 0.3) is 0 Å². The van der Waals surface area contributed by atoms with Gasteiger partial charge in [0.2, 0.25) is 17.6 Å². The van der Waals surface area contributed by atoms with Crippen LogP contribution in [0, 0.1) is 12.8 Å². The van der Waals surface area contributed by atoms with Gasteiger partial charge < -0.3 is 20.3 Å². The number of carbonyl (C=O) groups is 1. The quantitative estimate of drug-likeness (QED) is 0.874. The number of amides is 1. The molecule has 23 heavy (non-hydrogen) atoms. The minimum atomic E-state index is 0.0161. The summed E-state index contributed by atoms with van der Waals surface area (Å²) < 4.78 is 10.4. The third-order valence-electron chi connectivity index (χ3n) is 3.90. The largest absolute Gasteiger partial charge is 0.485 e. The second-order valence-electron chi connectivity index (χ2n) is 5.80. The van der Waals surface area contributed by atoms with Gasteiger partial charge in [0, 0.05) is 24.6 Å². The van der Waals surface area contributed by atoms with Gasteiger partial charge in [-0.25, -0.2) is 0 Å². The molecule has 1 heterocycles. The van der Waals surface area contributed by atoms with E-state index in [-0.39, 0.29) is 24.5 Å². The summed E-state index contributed by atoms with van der Waals surface area (Å²) in [6, 6.07) is 7.36. The summed E-state index contributed by atoms with van der Waals surface area (Å²) in [5.74, 6) is 1.73. The Morgan fingerprint density at radius 1 is 1.39 bits per heavy atom. The summed E-state index contributed by atoms with van der Waals surface area (Å²) >= 11 is 0. The zero-order valence-corrected chi connectivity index (χ0v) is 13.0. The SMILES string of the molecule is Cc1nc(COc2ccc(NC(=O)C3CCC(N)C3)cc2)no1. The number of anilines is 1. The van der Waals surface area contributed by atoms with Gasteiger partial charge in [-0.05, 0) is 43.5 Å². The lowest BCUT2D eigenvalue weighted by Crippen LogP contribution is -2.23. The molecule has 1 saturated carbocycles. The molecule has 0 spiro atoms. The monoisotopic (exact) mass is 316 g/mol. The van der Waals surface area contributed by atoms with Crippen LogP contribution < -0.4 is 15.8 Å². The predicted octanol–water partition coefficient (Wildman–Crippen LogP) is 2.02. The number of aromatic nitrogens is 2. The van der Waals surface area contributed by atoms with Crippen LogP contribution in [0.4, 0.5) is 5.69 Å². The molecule has 3 rings (SSSR count). The number of hydrogen-bond donors (Lipinski definition) is 2. The van der Waals surface area contributed by atoms with Crippen LogP contribution in [0.5, 0.6) is 5.75 Å². The lowest BCUT2D eigenvalue weighted by atomic mass is 10.1. The second-order valence-corrected chi connectivity index (χ2v) is 5.80. The standard InChI is InChI=1S/C16H20N4O3/c1-10-18-15(20-23-10)9-22-14-6-4-13(5-7-14)19-16(21)11-2-3-12(17)8-11/h4-7,11-12H,2-3,8-9,17H2,1H3,(H,19,21). The van der Waals surface area contributed by atoms with Gasteiger partial charge in [0.1, 0.15) is 5.75 Å². The van der Waals surface area contributed by atoms with Crippen molar-refractivity contribution in [3.63, 3.8) is 0 Å². The van der Waals surface area contributed by atoms with Crippen LogP contribution >= 0.6 is 0 Å². The Balaban J connectivity index is 1.51. The fraction of sp³-hybridized carbons (Fsp3) is 0.438. The van der Waals surface area contributed by atoms with Gasteiger partial charge >= 0.3 is 0 Å². The Kier molecular flexibility index (Phi) is 4.57. The lowest BCUT2D eigenvalue weighted by molar-refractivity contribution is -0.119. The van der Waals surface area contributed by atoms with Crippen LogP contribution in [0.2, 0.25) is 0 Å². The normalized spacial score (nSPS) is 20.4. The molecule has 0 aliphatic heterocycles. The molecule has 1 amide bonds. The molecule has 0 radical (unpaired) electrons. The first-order valence-electron chi connectivity index (χ1n) is 7.68. The maximum Gasteiger partial charge on any atom is 0.227 e. The molecule has 2 atom stereocenters. The summed E-state index contributed by atoms with van der Waals surface area (Å²) in [6.07, 6.45) is 2.54. The minimum absolute atomic E-state index is 0.0161. The second kappa shape index (κ2) is 6.78. The highest BCUT2D eigenvalue weighted by molar-refractivity contribution is 5.92. The molecule has 1 aliphatic rings. The Morgan fingerprint density at radius 2 is 2.17 bits per heavy atom. The van der Waals surface area contributed by atoms with Gasteiger partial charge in [0.05, 0.1) is 0 Å². The molecule has 1 aromatic heterocycles. The van der Waals surface area contributed by atoms with Crippen LogP contribution in [-0.4, -0.2) is 22.1 Å². The maximum absolute atomic E-state index is 12.1. The number of benzene rings is 1. The van der Waals surface area contributed by atoms with E-state index in [9.17, 15) is 4.79 Å². The fourth-order valence-corrected chi connectivity index (χ4v) is 2.68. The van der Waals surface area contributed by atoms with Crippen molar-refractivity contribution in [2.75, 3.05) is 5.32 Å². The Bertz CT molecular complexity index is 668. The van der Waals surface area contributed by atoms with Crippen molar-refractivity contribution < 1.29 is 14.1 Å². The van der Waals surface area contributed by atoms with E-state index in [4.69, 9.17) is 15.0 Å². The lowest BCUT2D eigenvalue weighted by Gasteiger charge is -2.11. The van der Waals surface area contributed by atoms with E-state index >= 15 is 0 Å². The molecular weight excluding hydrogens is 296 g/mol. The highest BCUT2D eigenvalue weighted by Crippen LogP contribution is 2.26. The molecular formula is C16H20N4O3. The molecule has 1 fully saturated rings. The molecule has 7 heteroatoms. The van der Waals surface area contributed by atoms with Crippen LogP contribution in [0.15, 0.2) is 28.8 Å². The molecule has 1 aromatic carbocycles. The molecule has 2 aromatic rings. The first kappa shape index (κ1) is 15.5. The summed E-state index contributed by atoms with van der Waals surface area (Å²) in [5.41, 5.74) is 6.59. The Labute approximate surface area is 134 Å². The zero-order chi connectivity index (χ0) is 16.2. The predicted molar refractivity (Wildman–Crippen MR) is 83.8 cm³/mol. The molecule has 0 saturated heterocycles. The van der Waals surface area contributed by atoms with Crippen molar-refractivity contribution in [1.82, 2.24) is 10.1 Å². The minimum Gasteiger partial charge on any atom is -0.485 e. The number of hydrogen-bond acceptors (Lipinski definition) is 6. The fourth-order valence-electron chi connectivity index (χ4n) is 2.68. The topological polar surface area (TPSA) is 103 Å². The summed E-state index contributed by atoms with van der Waals surface area (Å²) in [7, 11) is 0. The Morgan fingerprint density at radius 3 is 2.78 bits per heavy atom. The van der Waals surface area contributed by atoms with E-state index < -0.39 is 0 Å². The smallest absolute Gasteiger partial charge is 0.227 e. The van der Waals surface area contributed by atoms with Crippen LogP contribution in [-0.2, 0) is 11.4 Å². The number of carbonyl (C=O) groups excluding carboxylic acids is 1. The highest BCUT2D eigenvalue weighted by atomic mass is 16.5. The van der Waals surface area contributed by atoms with Crippen molar-refractivity contribution in [3.05, 3.63) is 36.0 Å². The van der Waals surface area contributed by atoms with Crippen molar-refractivity contribution in [1.29, 1.82) is 0 Å². The van der Waals surface area contributed by atoms with Crippen LogP contribution in [0.3, 0.4) is 0 Å². The van der Waals surface area contributed by atoms with Crippen LogP contribution in [0.1, 0.15) is 31.0 Å². The van der Waals surface area contributed by atoms with Crippen molar-refractivity contribution >= 4 is 11.6 Å². The van der Waals surface area contributed by atoms with Crippen LogP contribution in [0.25, 0.3) is 0 Å². The van der Waals surface area contributed by atoms with Crippen molar-refractivity contribution in [2.45, 2.75) is 38.8 Å². The average Bonchev–Trinajstić information content (AvgIpc) is 3.15. The number of rotatable bonds is 5. The molecule has 1 aliphatic carbocycles. The van der Waals surface area contributed by atoms with E-state index in [1.165, 1.54) is 0 Å². The summed E-state index contributed by atoms with van der Waals surface area (Å²) in [6.45, 7) is 1.97. The number of aryl methyl sites for hydroxylation is 1. The van der Waals surface area contributed by atoms with Gasteiger partial charge in [-0.3, -0.25) is 4.79 Å². The van der Waals surface area contributed by atoms with E-state index in [0.717, 1.165) is 24.9 Å².